The Kier molecular flexibility index (Phi) is 5.21. The molecule has 0 unspecified atom stereocenters. The first kappa shape index (κ1) is 18.6. The number of rotatable bonds is 5. The molecule has 0 radical (unpaired) electrons. The summed E-state index contributed by atoms with van der Waals surface area (Å²) in [6.07, 6.45) is -0.940. The third kappa shape index (κ3) is 3.67. The van der Waals surface area contributed by atoms with Crippen LogP contribution in [0.1, 0.15) is 34.6 Å². The van der Waals surface area contributed by atoms with E-state index in [2.05, 4.69) is 0 Å². The monoisotopic (exact) mass is 371 g/mol. The number of halogens is 1. The van der Waals surface area contributed by atoms with Crippen LogP contribution in [-0.2, 0) is 4.79 Å². The molecule has 0 aliphatic carbocycles. The summed E-state index contributed by atoms with van der Waals surface area (Å²) in [5.41, 5.74) is 0.163. The average molecular weight is 371 g/mol. The van der Waals surface area contributed by atoms with E-state index in [0.29, 0.717) is 0 Å². The topological polar surface area (TPSA) is 72.9 Å². The maximum absolute atomic E-state index is 13.6. The van der Waals surface area contributed by atoms with E-state index in [-0.39, 0.29) is 29.2 Å². The minimum Gasteiger partial charge on any atom is -0.493 e. The standard InChI is InChI=1S/C20H18FNO5/c1-3-26-17-9-8-13(21)10-15(17)16(23)11-22-19(24)12(2)27-18-7-5-4-6-14(18)20(22)25/h4-10,12H,3,11H2,1-2H3/t12-/m0/s1. The lowest BCUT2D eigenvalue weighted by molar-refractivity contribution is -0.134. The molecular weight excluding hydrogens is 353 g/mol. The molecule has 1 aliphatic rings. The maximum Gasteiger partial charge on any atom is 0.270 e. The van der Waals surface area contributed by atoms with Crippen molar-refractivity contribution in [1.29, 1.82) is 0 Å². The molecular formula is C20H18FNO5. The Morgan fingerprint density at radius 2 is 1.96 bits per heavy atom. The van der Waals surface area contributed by atoms with Gasteiger partial charge in [0.15, 0.2) is 11.9 Å². The predicted molar refractivity (Wildman–Crippen MR) is 94.5 cm³/mol. The summed E-state index contributed by atoms with van der Waals surface area (Å²) in [7, 11) is 0. The van der Waals surface area contributed by atoms with E-state index >= 15 is 0 Å². The van der Waals surface area contributed by atoms with Crippen LogP contribution in [0.25, 0.3) is 0 Å². The van der Waals surface area contributed by atoms with Crippen molar-refractivity contribution >= 4 is 17.6 Å². The largest absolute Gasteiger partial charge is 0.493 e. The number of carbonyl (C=O) groups is 3. The molecule has 1 heterocycles. The summed E-state index contributed by atoms with van der Waals surface area (Å²) < 4.78 is 24.5. The molecule has 1 atom stereocenters. The van der Waals surface area contributed by atoms with Gasteiger partial charge < -0.3 is 9.47 Å². The summed E-state index contributed by atoms with van der Waals surface area (Å²) in [5.74, 6) is -2.02. The van der Waals surface area contributed by atoms with Gasteiger partial charge in [-0.05, 0) is 44.2 Å². The smallest absolute Gasteiger partial charge is 0.270 e. The van der Waals surface area contributed by atoms with Gasteiger partial charge in [-0.25, -0.2) is 4.39 Å². The first-order chi connectivity index (χ1) is 12.9. The molecule has 2 aromatic carbocycles. The molecule has 0 aromatic heterocycles. The lowest BCUT2D eigenvalue weighted by Gasteiger charge is -2.20. The van der Waals surface area contributed by atoms with E-state index in [1.54, 1.807) is 25.1 Å². The van der Waals surface area contributed by atoms with Crippen molar-refractivity contribution in [3.63, 3.8) is 0 Å². The van der Waals surface area contributed by atoms with Crippen molar-refractivity contribution in [2.24, 2.45) is 0 Å². The van der Waals surface area contributed by atoms with E-state index in [1.807, 2.05) is 0 Å². The van der Waals surface area contributed by atoms with Gasteiger partial charge in [-0.3, -0.25) is 19.3 Å². The second kappa shape index (κ2) is 7.57. The highest BCUT2D eigenvalue weighted by atomic mass is 19.1. The summed E-state index contributed by atoms with van der Waals surface area (Å²) >= 11 is 0. The number of carbonyl (C=O) groups excluding carboxylic acids is 3. The molecule has 0 spiro atoms. The number of amides is 2. The fraction of sp³-hybridized carbons (Fsp3) is 0.250. The lowest BCUT2D eigenvalue weighted by atomic mass is 10.1. The van der Waals surface area contributed by atoms with Crippen LogP contribution in [0.5, 0.6) is 11.5 Å². The molecule has 1 aliphatic heterocycles. The van der Waals surface area contributed by atoms with Crippen LogP contribution in [0.3, 0.4) is 0 Å². The van der Waals surface area contributed by atoms with Crippen molar-refractivity contribution in [3.05, 3.63) is 59.4 Å². The third-order valence-corrected chi connectivity index (χ3v) is 4.12. The van der Waals surface area contributed by atoms with Crippen molar-refractivity contribution in [2.45, 2.75) is 20.0 Å². The average Bonchev–Trinajstić information content (AvgIpc) is 2.74. The molecule has 0 fully saturated rings. The molecule has 0 saturated carbocycles. The first-order valence-corrected chi connectivity index (χ1v) is 8.49. The highest BCUT2D eigenvalue weighted by Crippen LogP contribution is 2.26. The number of fused-ring (bicyclic) bond motifs is 1. The van der Waals surface area contributed by atoms with Crippen LogP contribution in [0.4, 0.5) is 4.39 Å². The van der Waals surface area contributed by atoms with Crippen LogP contribution in [0, 0.1) is 5.82 Å². The number of hydrogen-bond acceptors (Lipinski definition) is 5. The fourth-order valence-electron chi connectivity index (χ4n) is 2.83. The minimum absolute atomic E-state index is 0.0245. The van der Waals surface area contributed by atoms with Gasteiger partial charge in [-0.1, -0.05) is 12.1 Å². The second-order valence-corrected chi connectivity index (χ2v) is 5.98. The number of benzene rings is 2. The van der Waals surface area contributed by atoms with Crippen molar-refractivity contribution < 1.29 is 28.2 Å². The van der Waals surface area contributed by atoms with E-state index < -0.39 is 36.1 Å². The number of hydrogen-bond donors (Lipinski definition) is 0. The van der Waals surface area contributed by atoms with Crippen LogP contribution in [0.15, 0.2) is 42.5 Å². The quantitative estimate of drug-likeness (QED) is 0.597. The maximum atomic E-state index is 13.6. The van der Waals surface area contributed by atoms with Crippen molar-refractivity contribution in [1.82, 2.24) is 4.90 Å². The van der Waals surface area contributed by atoms with Gasteiger partial charge in [0.25, 0.3) is 11.8 Å². The van der Waals surface area contributed by atoms with Gasteiger partial charge in [0.1, 0.15) is 17.3 Å². The van der Waals surface area contributed by atoms with Crippen molar-refractivity contribution in [2.75, 3.05) is 13.2 Å². The van der Waals surface area contributed by atoms with Gasteiger partial charge in [0.05, 0.1) is 24.3 Å². The number of para-hydroxylation sites is 1. The molecule has 6 nitrogen and oxygen atoms in total. The minimum atomic E-state index is -0.940. The zero-order chi connectivity index (χ0) is 19.6. The number of Topliss-reactive ketones (excluding diaryl/α,β-unsaturated/α-hetero) is 1. The molecule has 0 bridgehead atoms. The summed E-state index contributed by atoms with van der Waals surface area (Å²) in [4.78, 5) is 39.0. The van der Waals surface area contributed by atoms with E-state index in [0.717, 1.165) is 11.0 Å². The normalized spacial score (nSPS) is 16.4. The van der Waals surface area contributed by atoms with E-state index in [9.17, 15) is 18.8 Å². The number of imide groups is 1. The zero-order valence-corrected chi connectivity index (χ0v) is 14.9. The van der Waals surface area contributed by atoms with Crippen molar-refractivity contribution in [3.8, 4) is 11.5 Å². The highest BCUT2D eigenvalue weighted by Gasteiger charge is 2.35. The first-order valence-electron chi connectivity index (χ1n) is 8.49. The molecule has 7 heteroatoms. The zero-order valence-electron chi connectivity index (χ0n) is 14.9. The van der Waals surface area contributed by atoms with Gasteiger partial charge >= 0.3 is 0 Å². The Balaban J connectivity index is 1.94. The van der Waals surface area contributed by atoms with Gasteiger partial charge in [0.2, 0.25) is 0 Å². The van der Waals surface area contributed by atoms with Crippen LogP contribution in [0.2, 0.25) is 0 Å². The number of ketones is 1. The van der Waals surface area contributed by atoms with Gasteiger partial charge in [-0.2, -0.15) is 0 Å². The van der Waals surface area contributed by atoms with E-state index in [1.165, 1.54) is 25.1 Å². The fourth-order valence-corrected chi connectivity index (χ4v) is 2.83. The Hall–Kier alpha value is -3.22. The lowest BCUT2D eigenvalue weighted by Crippen LogP contribution is -2.44. The van der Waals surface area contributed by atoms with Crippen LogP contribution < -0.4 is 9.47 Å². The molecule has 2 amide bonds. The molecule has 0 N–H and O–H groups in total. The molecule has 27 heavy (non-hydrogen) atoms. The van der Waals surface area contributed by atoms with Gasteiger partial charge in [0, 0.05) is 0 Å². The number of ether oxygens (including phenoxy) is 2. The third-order valence-electron chi connectivity index (χ3n) is 4.12. The van der Waals surface area contributed by atoms with Crippen LogP contribution in [-0.4, -0.2) is 41.8 Å². The summed E-state index contributed by atoms with van der Waals surface area (Å²) in [6, 6.07) is 9.99. The second-order valence-electron chi connectivity index (χ2n) is 5.98. The van der Waals surface area contributed by atoms with Gasteiger partial charge in [-0.15, -0.1) is 0 Å². The Morgan fingerprint density at radius 3 is 2.70 bits per heavy atom. The number of nitrogens with zero attached hydrogens (tertiary/aromatic N) is 1. The predicted octanol–water partition coefficient (Wildman–Crippen LogP) is 2.86. The molecule has 3 rings (SSSR count). The highest BCUT2D eigenvalue weighted by molar-refractivity contribution is 6.12. The molecule has 0 saturated heterocycles. The summed E-state index contributed by atoms with van der Waals surface area (Å²) in [6.45, 7) is 2.98. The SMILES string of the molecule is CCOc1ccc(F)cc1C(=O)CN1C(=O)c2ccccc2O[C@@H](C)C1=O. The molecule has 140 valence electrons. The van der Waals surface area contributed by atoms with E-state index in [4.69, 9.17) is 9.47 Å². The Labute approximate surface area is 155 Å². The Morgan fingerprint density at radius 1 is 1.22 bits per heavy atom. The summed E-state index contributed by atoms with van der Waals surface area (Å²) in [5, 5.41) is 0. The molecule has 2 aromatic rings. The Bertz CT molecular complexity index is 911. The van der Waals surface area contributed by atoms with Crippen LogP contribution >= 0.6 is 0 Å².